The quantitative estimate of drug-likeness (QED) is 0.204. The maximum Gasteiger partial charge on any atom is 2.00 e. The van der Waals surface area contributed by atoms with Crippen LogP contribution in [-0.4, -0.2) is 81.4 Å². The second kappa shape index (κ2) is 16.7. The SMILES string of the molecule is Cn1ccnc1C=NCC(C)(CN=Cc1nccn1C)CN=Cc1nccn1C.F[B-](F)(F)F.F[B-](F)(F)F.[Fe+2]. The predicted octanol–water partition coefficient (Wildman–Crippen LogP) is 4.15. The van der Waals surface area contributed by atoms with Crippen LogP contribution >= 0.6 is 0 Å². The number of hydrogen-bond acceptors (Lipinski definition) is 6. The Morgan fingerprint density at radius 1 is 0.625 bits per heavy atom. The van der Waals surface area contributed by atoms with E-state index in [-0.39, 0.29) is 22.5 Å². The molecule has 9 nitrogen and oxygen atoms in total. The Kier molecular flexibility index (Phi) is 15.4. The van der Waals surface area contributed by atoms with Crippen LogP contribution in [-0.2, 0) is 38.2 Å². The van der Waals surface area contributed by atoms with Crippen molar-refractivity contribution < 1.29 is 51.6 Å². The van der Waals surface area contributed by atoms with Gasteiger partial charge in [0.1, 0.15) is 17.5 Å². The average Bonchev–Trinajstić information content (AvgIpc) is 3.49. The van der Waals surface area contributed by atoms with Crippen LogP contribution in [0.4, 0.5) is 34.5 Å². The van der Waals surface area contributed by atoms with E-state index in [1.165, 1.54) is 0 Å². The smallest absolute Gasteiger partial charge is 0.418 e. The van der Waals surface area contributed by atoms with Gasteiger partial charge in [-0.1, -0.05) is 6.92 Å². The third-order valence-electron chi connectivity index (χ3n) is 4.61. The van der Waals surface area contributed by atoms with Crippen LogP contribution in [0.2, 0.25) is 0 Å². The number of rotatable bonds is 9. The van der Waals surface area contributed by atoms with E-state index >= 15 is 0 Å². The molecule has 0 spiro atoms. The van der Waals surface area contributed by atoms with Gasteiger partial charge in [0, 0.05) is 83.4 Å². The standard InChI is InChI=1S/C20H27N9.2BF4.Fe/c1-20(14-21-11-17-24-5-8-27(17)2,15-22-12-18-25-6-9-28(18)3)16-23-13-19-26-7-10-29(19)4;2*2-1(3,4)5;/h5-13H,14-16H2,1-4H3;;;/q;2*-1;+2. The van der Waals surface area contributed by atoms with Crippen LogP contribution in [0.5, 0.6) is 0 Å². The third kappa shape index (κ3) is 17.3. The second-order valence-corrected chi connectivity index (χ2v) is 8.40. The molecule has 0 aromatic carbocycles. The van der Waals surface area contributed by atoms with Crippen LogP contribution in [0.25, 0.3) is 0 Å². The number of nitrogens with zero attached hydrogens (tertiary/aromatic N) is 9. The van der Waals surface area contributed by atoms with Gasteiger partial charge in [-0.15, -0.1) is 0 Å². The first-order valence-corrected chi connectivity index (χ1v) is 11.1. The fraction of sp³-hybridized carbons (Fsp3) is 0.400. The van der Waals surface area contributed by atoms with Crippen molar-refractivity contribution in [2.24, 2.45) is 41.5 Å². The maximum atomic E-state index is 9.75. The molecule has 3 aromatic heterocycles. The zero-order valence-corrected chi connectivity index (χ0v) is 23.0. The molecule has 0 aliphatic heterocycles. The molecular formula is C20H27B2F8FeN9. The van der Waals surface area contributed by atoms with E-state index in [1.807, 2.05) is 53.4 Å². The van der Waals surface area contributed by atoms with Crippen LogP contribution < -0.4 is 0 Å². The van der Waals surface area contributed by atoms with E-state index in [2.05, 4.69) is 36.9 Å². The van der Waals surface area contributed by atoms with Gasteiger partial charge in [0.15, 0.2) is 0 Å². The first-order valence-electron chi connectivity index (χ1n) is 11.1. The molecule has 222 valence electrons. The minimum Gasteiger partial charge on any atom is -0.418 e. The summed E-state index contributed by atoms with van der Waals surface area (Å²) in [5.41, 5.74) is -0.245. The summed E-state index contributed by atoms with van der Waals surface area (Å²) >= 11 is 0. The first kappa shape index (κ1) is 36.7. The summed E-state index contributed by atoms with van der Waals surface area (Å²) < 4.78 is 83.8. The van der Waals surface area contributed by atoms with Crippen molar-refractivity contribution >= 4 is 33.2 Å². The Bertz CT molecular complexity index is 1070. The van der Waals surface area contributed by atoms with E-state index < -0.39 is 14.5 Å². The van der Waals surface area contributed by atoms with Gasteiger partial charge in [0.25, 0.3) is 0 Å². The first-order chi connectivity index (χ1) is 18.0. The summed E-state index contributed by atoms with van der Waals surface area (Å²) in [7, 11) is -6.16. The van der Waals surface area contributed by atoms with Crippen molar-refractivity contribution in [3.63, 3.8) is 0 Å². The van der Waals surface area contributed by atoms with Crippen molar-refractivity contribution in [1.29, 1.82) is 0 Å². The molecule has 0 aliphatic carbocycles. The molecule has 3 rings (SSSR count). The van der Waals surface area contributed by atoms with Crippen LogP contribution in [0.3, 0.4) is 0 Å². The number of aliphatic imine (C=N–C) groups is 3. The van der Waals surface area contributed by atoms with Crippen LogP contribution in [0.15, 0.2) is 52.2 Å². The van der Waals surface area contributed by atoms with Gasteiger partial charge in [-0.25, -0.2) is 15.0 Å². The molecule has 0 amide bonds. The van der Waals surface area contributed by atoms with Crippen molar-refractivity contribution in [2.45, 2.75) is 6.92 Å². The normalized spacial score (nSPS) is 13.5. The topological polar surface area (TPSA) is 90.5 Å². The fourth-order valence-electron chi connectivity index (χ4n) is 2.70. The molecule has 0 unspecified atom stereocenters. The Balaban J connectivity index is 0.00000119. The molecule has 20 heteroatoms. The molecule has 40 heavy (non-hydrogen) atoms. The molecule has 0 saturated carbocycles. The molecule has 0 radical (unpaired) electrons. The molecule has 0 N–H and O–H groups in total. The van der Waals surface area contributed by atoms with Gasteiger partial charge >= 0.3 is 31.6 Å². The minimum absolute atomic E-state index is 0. The Labute approximate surface area is 236 Å². The molecule has 0 aliphatic rings. The van der Waals surface area contributed by atoms with Gasteiger partial charge in [0.2, 0.25) is 0 Å². The number of aryl methyl sites for hydroxylation is 3. The molecule has 0 saturated heterocycles. The molecule has 0 bridgehead atoms. The van der Waals surface area contributed by atoms with Gasteiger partial charge in [-0.3, -0.25) is 15.0 Å². The largest absolute Gasteiger partial charge is 2.00 e. The zero-order valence-electron chi connectivity index (χ0n) is 21.9. The summed E-state index contributed by atoms with van der Waals surface area (Å²) in [6, 6.07) is 0. The number of halogens is 8. The number of imidazole rings is 3. The van der Waals surface area contributed by atoms with Gasteiger partial charge in [-0.2, -0.15) is 0 Å². The van der Waals surface area contributed by atoms with E-state index in [0.29, 0.717) is 19.6 Å². The number of aromatic nitrogens is 6. The summed E-state index contributed by atoms with van der Waals surface area (Å²) in [4.78, 5) is 26.7. The van der Waals surface area contributed by atoms with Gasteiger partial charge < -0.3 is 48.2 Å². The van der Waals surface area contributed by atoms with Crippen LogP contribution in [0, 0.1) is 5.41 Å². The fourth-order valence-corrected chi connectivity index (χ4v) is 2.70. The Hall–Kier alpha value is -3.27. The summed E-state index contributed by atoms with van der Waals surface area (Å²) in [5, 5.41) is 0. The van der Waals surface area contributed by atoms with Crippen molar-refractivity contribution in [1.82, 2.24) is 28.7 Å². The van der Waals surface area contributed by atoms with E-state index in [4.69, 9.17) is 0 Å². The zero-order chi connectivity index (χ0) is 29.7. The summed E-state index contributed by atoms with van der Waals surface area (Å²) in [5.74, 6) is 2.46. The number of hydrogen-bond donors (Lipinski definition) is 0. The third-order valence-corrected chi connectivity index (χ3v) is 4.61. The van der Waals surface area contributed by atoms with E-state index in [0.717, 1.165) is 17.5 Å². The van der Waals surface area contributed by atoms with E-state index in [9.17, 15) is 34.5 Å². The Morgan fingerprint density at radius 2 is 0.850 bits per heavy atom. The van der Waals surface area contributed by atoms with Gasteiger partial charge in [0.05, 0.1) is 18.6 Å². The molecule has 0 atom stereocenters. The minimum atomic E-state index is -6.00. The van der Waals surface area contributed by atoms with Gasteiger partial charge in [-0.05, 0) is 0 Å². The van der Waals surface area contributed by atoms with Crippen molar-refractivity contribution in [3.8, 4) is 0 Å². The molecule has 3 aromatic rings. The molecule has 3 heterocycles. The summed E-state index contributed by atoms with van der Waals surface area (Å²) in [6.45, 7) is 3.87. The Morgan fingerprint density at radius 3 is 1.02 bits per heavy atom. The second-order valence-electron chi connectivity index (χ2n) is 8.40. The van der Waals surface area contributed by atoms with Crippen LogP contribution in [0.1, 0.15) is 24.4 Å². The van der Waals surface area contributed by atoms with E-state index in [1.54, 1.807) is 37.2 Å². The van der Waals surface area contributed by atoms with Crippen molar-refractivity contribution in [2.75, 3.05) is 19.6 Å². The average molecular weight is 623 g/mol. The molecular weight excluding hydrogens is 596 g/mol. The summed E-state index contributed by atoms with van der Waals surface area (Å²) in [6.07, 6.45) is 16.4. The monoisotopic (exact) mass is 623 g/mol. The van der Waals surface area contributed by atoms with Crippen molar-refractivity contribution in [3.05, 3.63) is 54.7 Å². The molecule has 0 fully saturated rings. The maximum absolute atomic E-state index is 9.75. The predicted molar refractivity (Wildman–Crippen MR) is 135 cm³/mol.